The molecular weight excluding hydrogens is 382 g/mol. The number of rotatable bonds is 7. The quantitative estimate of drug-likeness (QED) is 0.488. The van der Waals surface area contributed by atoms with Crippen LogP contribution in [0, 0.1) is 0 Å². The molecule has 1 aromatic carbocycles. The molecule has 0 spiro atoms. The maximum absolute atomic E-state index is 11.7. The van der Waals surface area contributed by atoms with E-state index < -0.39 is 0 Å². The van der Waals surface area contributed by atoms with Crippen LogP contribution in [0.4, 0.5) is 4.79 Å². The lowest BCUT2D eigenvalue weighted by Crippen LogP contribution is -2.32. The smallest absolute Gasteiger partial charge is 0.324 e. The van der Waals surface area contributed by atoms with Gasteiger partial charge in [-0.15, -0.1) is 21.5 Å². The molecule has 0 unspecified atom stereocenters. The lowest BCUT2D eigenvalue weighted by molar-refractivity contribution is -0.124. The minimum Gasteiger partial charge on any atom is -0.329 e. The summed E-state index contributed by atoms with van der Waals surface area (Å²) in [4.78, 5) is 25.6. The van der Waals surface area contributed by atoms with Gasteiger partial charge in [0.05, 0.1) is 18.0 Å². The largest absolute Gasteiger partial charge is 0.329 e. The molecule has 0 aliphatic carbocycles. The van der Waals surface area contributed by atoms with Crippen molar-refractivity contribution < 1.29 is 9.59 Å². The summed E-state index contributed by atoms with van der Waals surface area (Å²) in [5, 5.41) is 14.0. The van der Waals surface area contributed by atoms with Crippen LogP contribution in [0.2, 0.25) is 0 Å². The predicted octanol–water partition coefficient (Wildman–Crippen LogP) is 2.70. The molecular formula is C18H17N5O2S2. The van der Waals surface area contributed by atoms with E-state index in [1.807, 2.05) is 35.7 Å². The highest BCUT2D eigenvalue weighted by atomic mass is 32.2. The summed E-state index contributed by atoms with van der Waals surface area (Å²) in [6, 6.07) is 13.8. The molecule has 7 nitrogen and oxygen atoms in total. The molecule has 1 fully saturated rings. The third-order valence-electron chi connectivity index (χ3n) is 4.13. The van der Waals surface area contributed by atoms with Gasteiger partial charge in [-0.1, -0.05) is 48.2 Å². The minimum absolute atomic E-state index is 0.0796. The minimum atomic E-state index is -0.328. The number of carbonyl (C=O) groups excluding carboxylic acids is 2. The van der Waals surface area contributed by atoms with Gasteiger partial charge < -0.3 is 5.32 Å². The Labute approximate surface area is 164 Å². The third-order valence-corrected chi connectivity index (χ3v) is 5.94. The van der Waals surface area contributed by atoms with Crippen LogP contribution in [0.15, 0.2) is 53.0 Å². The van der Waals surface area contributed by atoms with E-state index in [1.165, 1.54) is 16.7 Å². The van der Waals surface area contributed by atoms with Crippen LogP contribution in [0.3, 0.4) is 0 Å². The van der Waals surface area contributed by atoms with Crippen molar-refractivity contribution in [3.05, 3.63) is 53.4 Å². The Morgan fingerprint density at radius 3 is 2.67 bits per heavy atom. The van der Waals surface area contributed by atoms with Crippen molar-refractivity contribution in [2.24, 2.45) is 0 Å². The molecule has 3 aromatic rings. The summed E-state index contributed by atoms with van der Waals surface area (Å²) in [5.41, 5.74) is 1.16. The number of hydrogen-bond acceptors (Lipinski definition) is 6. The highest BCUT2D eigenvalue weighted by Gasteiger charge is 2.28. The maximum Gasteiger partial charge on any atom is 0.324 e. The lowest BCUT2D eigenvalue weighted by atomic mass is 10.2. The van der Waals surface area contributed by atoms with E-state index in [9.17, 15) is 9.59 Å². The van der Waals surface area contributed by atoms with E-state index in [0.717, 1.165) is 21.4 Å². The average Bonchev–Trinajstić information content (AvgIpc) is 3.40. The molecule has 1 aliphatic heterocycles. The number of aromatic nitrogens is 3. The van der Waals surface area contributed by atoms with E-state index in [0.29, 0.717) is 18.8 Å². The molecule has 0 bridgehead atoms. The topological polar surface area (TPSA) is 80.1 Å². The molecule has 3 amide bonds. The van der Waals surface area contributed by atoms with Gasteiger partial charge in [-0.3, -0.25) is 14.3 Å². The third kappa shape index (κ3) is 3.88. The van der Waals surface area contributed by atoms with Gasteiger partial charge in [-0.2, -0.15) is 0 Å². The Kier molecular flexibility index (Phi) is 5.21. The summed E-state index contributed by atoms with van der Waals surface area (Å²) in [6.07, 6.45) is 0. The molecule has 27 heavy (non-hydrogen) atoms. The van der Waals surface area contributed by atoms with Gasteiger partial charge in [0.15, 0.2) is 11.0 Å². The molecule has 1 N–H and O–H groups in total. The number of benzene rings is 1. The van der Waals surface area contributed by atoms with Crippen LogP contribution in [-0.4, -0.2) is 50.4 Å². The lowest BCUT2D eigenvalue weighted by Gasteiger charge is -2.12. The SMILES string of the molecule is O=C1CNC(=O)N1CCSc1nnc(-c2cccs2)n1Cc1ccccc1. The van der Waals surface area contributed by atoms with Crippen molar-refractivity contribution in [1.29, 1.82) is 0 Å². The second kappa shape index (κ2) is 7.93. The molecule has 9 heteroatoms. The number of amides is 3. The molecule has 0 saturated carbocycles. The Bertz CT molecular complexity index is 924. The van der Waals surface area contributed by atoms with Crippen LogP contribution in [0.5, 0.6) is 0 Å². The summed E-state index contributed by atoms with van der Waals surface area (Å²) in [6.45, 7) is 1.09. The first-order valence-electron chi connectivity index (χ1n) is 8.44. The summed E-state index contributed by atoms with van der Waals surface area (Å²) >= 11 is 3.12. The number of nitrogens with zero attached hydrogens (tertiary/aromatic N) is 4. The number of imide groups is 1. The standard InChI is InChI=1S/C18H17N5O2S2/c24-15-11-19-17(25)22(15)8-10-27-18-21-20-16(14-7-4-9-26-14)23(18)12-13-5-2-1-3-6-13/h1-7,9H,8,10-12H2,(H,19,25). The summed E-state index contributed by atoms with van der Waals surface area (Å²) in [7, 11) is 0. The zero-order valence-corrected chi connectivity index (χ0v) is 16.0. The van der Waals surface area contributed by atoms with Gasteiger partial charge >= 0.3 is 6.03 Å². The second-order valence-electron chi connectivity index (χ2n) is 5.91. The number of urea groups is 1. The first-order chi connectivity index (χ1) is 13.2. The van der Waals surface area contributed by atoms with Crippen LogP contribution in [0.1, 0.15) is 5.56 Å². The van der Waals surface area contributed by atoms with E-state index >= 15 is 0 Å². The summed E-state index contributed by atoms with van der Waals surface area (Å²) in [5.74, 6) is 1.20. The van der Waals surface area contributed by atoms with E-state index in [1.54, 1.807) is 11.3 Å². The van der Waals surface area contributed by atoms with Gasteiger partial charge in [0.1, 0.15) is 0 Å². The fourth-order valence-corrected chi connectivity index (χ4v) is 4.38. The number of hydrogen-bond donors (Lipinski definition) is 1. The van der Waals surface area contributed by atoms with Gasteiger partial charge in [0, 0.05) is 12.3 Å². The van der Waals surface area contributed by atoms with Crippen LogP contribution >= 0.6 is 23.1 Å². The van der Waals surface area contributed by atoms with Crippen LogP contribution in [-0.2, 0) is 11.3 Å². The van der Waals surface area contributed by atoms with Crippen LogP contribution < -0.4 is 5.32 Å². The second-order valence-corrected chi connectivity index (χ2v) is 7.92. The first-order valence-corrected chi connectivity index (χ1v) is 10.3. The van der Waals surface area contributed by atoms with Gasteiger partial charge in [-0.25, -0.2) is 4.79 Å². The van der Waals surface area contributed by atoms with Crippen LogP contribution in [0.25, 0.3) is 10.7 Å². The number of thioether (sulfide) groups is 1. The molecule has 138 valence electrons. The van der Waals surface area contributed by atoms with E-state index in [4.69, 9.17) is 0 Å². The molecule has 3 heterocycles. The maximum atomic E-state index is 11.7. The number of nitrogens with one attached hydrogen (secondary N) is 1. The Morgan fingerprint density at radius 2 is 1.96 bits per heavy atom. The Morgan fingerprint density at radius 1 is 1.11 bits per heavy atom. The zero-order chi connectivity index (χ0) is 18.6. The monoisotopic (exact) mass is 399 g/mol. The van der Waals surface area contributed by atoms with Gasteiger partial charge in [0.25, 0.3) is 0 Å². The number of thiophene rings is 1. The molecule has 0 atom stereocenters. The van der Waals surface area contributed by atoms with E-state index in [2.05, 4.69) is 32.2 Å². The van der Waals surface area contributed by atoms with E-state index in [-0.39, 0.29) is 18.5 Å². The van der Waals surface area contributed by atoms with Crippen molar-refractivity contribution in [2.75, 3.05) is 18.8 Å². The van der Waals surface area contributed by atoms with Crippen molar-refractivity contribution in [2.45, 2.75) is 11.7 Å². The fraction of sp³-hybridized carbons (Fsp3) is 0.222. The first kappa shape index (κ1) is 17.7. The zero-order valence-electron chi connectivity index (χ0n) is 14.4. The molecule has 1 aliphatic rings. The Hall–Kier alpha value is -2.65. The molecule has 2 aromatic heterocycles. The van der Waals surface area contributed by atoms with Gasteiger partial charge in [-0.05, 0) is 17.0 Å². The highest BCUT2D eigenvalue weighted by Crippen LogP contribution is 2.28. The van der Waals surface area contributed by atoms with Crippen molar-refractivity contribution >= 4 is 35.0 Å². The summed E-state index contributed by atoms with van der Waals surface area (Å²) < 4.78 is 2.08. The van der Waals surface area contributed by atoms with Crippen molar-refractivity contribution in [3.8, 4) is 10.7 Å². The highest BCUT2D eigenvalue weighted by molar-refractivity contribution is 7.99. The molecule has 0 radical (unpaired) electrons. The number of carbonyl (C=O) groups is 2. The Balaban J connectivity index is 1.53. The molecule has 4 rings (SSSR count). The average molecular weight is 400 g/mol. The van der Waals surface area contributed by atoms with Gasteiger partial charge in [0.2, 0.25) is 5.91 Å². The van der Waals surface area contributed by atoms with Crippen molar-refractivity contribution in [1.82, 2.24) is 25.0 Å². The molecule has 1 saturated heterocycles. The fourth-order valence-electron chi connectivity index (χ4n) is 2.80. The predicted molar refractivity (Wildman–Crippen MR) is 105 cm³/mol. The van der Waals surface area contributed by atoms with Crippen molar-refractivity contribution in [3.63, 3.8) is 0 Å². The normalized spacial score (nSPS) is 14.0.